The minimum atomic E-state index is 0.0202. The van der Waals surface area contributed by atoms with Gasteiger partial charge >= 0.3 is 0 Å². The number of ether oxygens (including phenoxy) is 1. The average Bonchev–Trinajstić information content (AvgIpc) is 3.40. The van der Waals surface area contributed by atoms with Gasteiger partial charge in [0, 0.05) is 23.4 Å². The Labute approximate surface area is 209 Å². The van der Waals surface area contributed by atoms with Crippen LogP contribution in [0.1, 0.15) is 43.2 Å². The van der Waals surface area contributed by atoms with Gasteiger partial charge in [-0.15, -0.1) is 0 Å². The van der Waals surface area contributed by atoms with E-state index in [4.69, 9.17) is 22.1 Å². The fourth-order valence-electron chi connectivity index (χ4n) is 4.72. The second kappa shape index (κ2) is 9.76. The summed E-state index contributed by atoms with van der Waals surface area (Å²) in [7, 11) is 1.66. The molecular weight excluding hydrogens is 462 g/mol. The minimum absolute atomic E-state index is 0.0202. The van der Waals surface area contributed by atoms with E-state index >= 15 is 0 Å². The Balaban J connectivity index is 1.56. The molecule has 0 spiro atoms. The molecular formula is C27H27N3O2S2. The van der Waals surface area contributed by atoms with Crippen LogP contribution in [0.3, 0.4) is 0 Å². The van der Waals surface area contributed by atoms with Gasteiger partial charge in [0.2, 0.25) is 0 Å². The number of amides is 1. The summed E-state index contributed by atoms with van der Waals surface area (Å²) in [5, 5.41) is 4.93. The lowest BCUT2D eigenvalue weighted by Crippen LogP contribution is -2.39. The Morgan fingerprint density at radius 1 is 1.12 bits per heavy atom. The number of benzene rings is 2. The molecule has 0 bridgehead atoms. The second-order valence-corrected chi connectivity index (χ2v) is 10.4. The van der Waals surface area contributed by atoms with Gasteiger partial charge in [-0.1, -0.05) is 61.4 Å². The Bertz CT molecular complexity index is 1260. The van der Waals surface area contributed by atoms with Gasteiger partial charge in [-0.05, 0) is 61.7 Å². The summed E-state index contributed by atoms with van der Waals surface area (Å²) in [5.41, 5.74) is 4.74. The summed E-state index contributed by atoms with van der Waals surface area (Å²) < 4.78 is 7.92. The molecule has 2 heterocycles. The predicted molar refractivity (Wildman–Crippen MR) is 142 cm³/mol. The Morgan fingerprint density at radius 2 is 1.88 bits per heavy atom. The maximum atomic E-state index is 13.4. The van der Waals surface area contributed by atoms with E-state index in [1.165, 1.54) is 18.2 Å². The molecule has 1 aliphatic carbocycles. The van der Waals surface area contributed by atoms with Gasteiger partial charge in [0.05, 0.1) is 17.7 Å². The SMILES string of the molecule is COc1ccc(-c2nn(-c3ccccc3)cc2/C=C2\SC(=S)N(C3CCCCC3)C2=O)c(C)c1. The van der Waals surface area contributed by atoms with Crippen molar-refractivity contribution in [3.05, 3.63) is 70.8 Å². The van der Waals surface area contributed by atoms with E-state index in [0.29, 0.717) is 9.23 Å². The number of aryl methyl sites for hydroxylation is 1. The van der Waals surface area contributed by atoms with Crippen molar-refractivity contribution in [1.82, 2.24) is 14.7 Å². The first kappa shape index (κ1) is 22.9. The third-order valence-corrected chi connectivity index (χ3v) is 7.83. The van der Waals surface area contributed by atoms with Crippen LogP contribution >= 0.6 is 24.0 Å². The van der Waals surface area contributed by atoms with Crippen molar-refractivity contribution >= 4 is 40.3 Å². The van der Waals surface area contributed by atoms with Gasteiger partial charge in [0.15, 0.2) is 0 Å². The molecule has 1 amide bonds. The zero-order valence-electron chi connectivity index (χ0n) is 19.4. The van der Waals surface area contributed by atoms with Gasteiger partial charge in [0.1, 0.15) is 15.8 Å². The molecule has 0 unspecified atom stereocenters. The Kier molecular flexibility index (Phi) is 6.57. The summed E-state index contributed by atoms with van der Waals surface area (Å²) in [6, 6.07) is 16.2. The first-order chi connectivity index (χ1) is 16.5. The molecule has 1 aromatic heterocycles. The number of nitrogens with zero attached hydrogens (tertiary/aromatic N) is 3. The van der Waals surface area contributed by atoms with E-state index in [1.807, 2.05) is 77.3 Å². The average molecular weight is 490 g/mol. The van der Waals surface area contributed by atoms with Crippen molar-refractivity contribution in [3.63, 3.8) is 0 Å². The van der Waals surface area contributed by atoms with Crippen LogP contribution in [0.2, 0.25) is 0 Å². The topological polar surface area (TPSA) is 47.4 Å². The van der Waals surface area contributed by atoms with Crippen molar-refractivity contribution in [1.29, 1.82) is 0 Å². The van der Waals surface area contributed by atoms with Crippen LogP contribution < -0.4 is 4.74 Å². The van der Waals surface area contributed by atoms with Crippen LogP contribution in [0.5, 0.6) is 5.75 Å². The van der Waals surface area contributed by atoms with Crippen LogP contribution in [0.4, 0.5) is 0 Å². The number of carbonyl (C=O) groups excluding carboxylic acids is 1. The standard InChI is InChI=1S/C27H27N3O2S2/c1-18-15-22(32-2)13-14-23(18)25-19(17-29(28-25)20-9-5-3-6-10-20)16-24-26(31)30(27(33)34-24)21-11-7-4-8-12-21/h3,5-6,9-10,13-17,21H,4,7-8,11-12H2,1-2H3/b24-16-. The normalized spacial score (nSPS) is 18.2. The third kappa shape index (κ3) is 4.42. The van der Waals surface area contributed by atoms with Crippen LogP contribution in [-0.2, 0) is 4.79 Å². The van der Waals surface area contributed by atoms with Crippen molar-refractivity contribution in [2.24, 2.45) is 0 Å². The number of carbonyl (C=O) groups is 1. The van der Waals surface area contributed by atoms with E-state index in [2.05, 4.69) is 0 Å². The highest BCUT2D eigenvalue weighted by molar-refractivity contribution is 8.26. The van der Waals surface area contributed by atoms with E-state index in [1.54, 1.807) is 7.11 Å². The molecule has 174 valence electrons. The molecule has 3 aromatic rings. The lowest BCUT2D eigenvalue weighted by molar-refractivity contribution is -0.124. The highest BCUT2D eigenvalue weighted by atomic mass is 32.2. The zero-order valence-corrected chi connectivity index (χ0v) is 21.0. The van der Waals surface area contributed by atoms with Crippen LogP contribution in [-0.4, -0.2) is 38.1 Å². The largest absolute Gasteiger partial charge is 0.497 e. The summed E-state index contributed by atoms with van der Waals surface area (Å²) >= 11 is 7.04. The maximum absolute atomic E-state index is 13.4. The fourth-order valence-corrected chi connectivity index (χ4v) is 6.11. The van der Waals surface area contributed by atoms with Crippen molar-refractivity contribution in [2.45, 2.75) is 45.1 Å². The Morgan fingerprint density at radius 3 is 2.59 bits per heavy atom. The number of thioether (sulfide) groups is 1. The molecule has 1 aliphatic heterocycles. The van der Waals surface area contributed by atoms with Crippen LogP contribution in [0, 0.1) is 6.92 Å². The van der Waals surface area contributed by atoms with Gasteiger partial charge < -0.3 is 4.74 Å². The molecule has 0 atom stereocenters. The van der Waals surface area contributed by atoms with Gasteiger partial charge in [0.25, 0.3) is 5.91 Å². The first-order valence-corrected chi connectivity index (χ1v) is 12.8. The number of para-hydroxylation sites is 1. The minimum Gasteiger partial charge on any atom is -0.497 e. The monoisotopic (exact) mass is 489 g/mol. The fraction of sp³-hybridized carbons (Fsp3) is 0.296. The van der Waals surface area contributed by atoms with Gasteiger partial charge in [-0.2, -0.15) is 5.10 Å². The van der Waals surface area contributed by atoms with Crippen molar-refractivity contribution in [3.8, 4) is 22.7 Å². The maximum Gasteiger partial charge on any atom is 0.266 e. The van der Waals surface area contributed by atoms with E-state index in [9.17, 15) is 4.79 Å². The number of aromatic nitrogens is 2. The Hall–Kier alpha value is -2.90. The smallest absolute Gasteiger partial charge is 0.266 e. The van der Waals surface area contributed by atoms with Gasteiger partial charge in [-0.25, -0.2) is 4.68 Å². The molecule has 2 fully saturated rings. The number of hydrogen-bond donors (Lipinski definition) is 0. The van der Waals surface area contributed by atoms with Crippen LogP contribution in [0.25, 0.3) is 23.0 Å². The number of hydrogen-bond acceptors (Lipinski definition) is 5. The first-order valence-electron chi connectivity index (χ1n) is 11.6. The summed E-state index contributed by atoms with van der Waals surface area (Å²) in [6.45, 7) is 2.05. The quantitative estimate of drug-likeness (QED) is 0.307. The van der Waals surface area contributed by atoms with E-state index < -0.39 is 0 Å². The van der Waals surface area contributed by atoms with E-state index in [0.717, 1.165) is 59.5 Å². The lowest BCUT2D eigenvalue weighted by atomic mass is 9.94. The van der Waals surface area contributed by atoms with Crippen molar-refractivity contribution in [2.75, 3.05) is 7.11 Å². The molecule has 1 saturated heterocycles. The highest BCUT2D eigenvalue weighted by Crippen LogP contribution is 2.39. The zero-order chi connectivity index (χ0) is 23.7. The summed E-state index contributed by atoms with van der Waals surface area (Å²) in [5.74, 6) is 0.824. The molecule has 5 nitrogen and oxygen atoms in total. The molecule has 2 aliphatic rings. The highest BCUT2D eigenvalue weighted by Gasteiger charge is 2.37. The molecule has 0 N–H and O–H groups in total. The van der Waals surface area contributed by atoms with Gasteiger partial charge in [-0.3, -0.25) is 9.69 Å². The molecule has 2 aromatic carbocycles. The van der Waals surface area contributed by atoms with Crippen molar-refractivity contribution < 1.29 is 9.53 Å². The van der Waals surface area contributed by atoms with E-state index in [-0.39, 0.29) is 11.9 Å². The molecule has 34 heavy (non-hydrogen) atoms. The third-order valence-electron chi connectivity index (χ3n) is 6.50. The lowest BCUT2D eigenvalue weighted by Gasteiger charge is -2.29. The van der Waals surface area contributed by atoms with Crippen LogP contribution in [0.15, 0.2) is 59.6 Å². The second-order valence-electron chi connectivity index (χ2n) is 8.74. The molecule has 7 heteroatoms. The number of rotatable bonds is 5. The predicted octanol–water partition coefficient (Wildman–Crippen LogP) is 6.39. The summed E-state index contributed by atoms with van der Waals surface area (Å²) in [4.78, 5) is 15.9. The molecule has 5 rings (SSSR count). The number of thiocarbonyl (C=S) groups is 1. The summed E-state index contributed by atoms with van der Waals surface area (Å²) in [6.07, 6.45) is 9.56. The number of methoxy groups -OCH3 is 1. The molecule has 0 radical (unpaired) electrons. The molecule has 1 saturated carbocycles.